The van der Waals surface area contributed by atoms with Crippen LogP contribution in [0.3, 0.4) is 0 Å². The van der Waals surface area contributed by atoms with Crippen molar-refractivity contribution in [2.45, 2.75) is 0 Å². The van der Waals surface area contributed by atoms with E-state index in [1.165, 1.54) is 6.33 Å². The molecule has 0 radical (unpaired) electrons. The minimum absolute atomic E-state index is 0.136. The maximum atomic E-state index is 5.45. The van der Waals surface area contributed by atoms with Crippen molar-refractivity contribution in [2.24, 2.45) is 0 Å². The minimum atomic E-state index is 0.136. The standard InChI is InChI=1S/C9H9N5.C3H5N5/c10-8-12-7(13-9(11)14-8)6-4-2-1-3-5-6;4-2-6-1-7-3(5)8-2/h1-5H,(H4,10,11,12,13,14);1H,(H4,4,5,6,7,8). The molecule has 0 bridgehead atoms. The lowest BCUT2D eigenvalue weighted by molar-refractivity contribution is 1.08. The van der Waals surface area contributed by atoms with Gasteiger partial charge in [0.2, 0.25) is 23.8 Å². The number of anilines is 4. The topological polar surface area (TPSA) is 181 Å². The first kappa shape index (κ1) is 14.8. The molecule has 0 fully saturated rings. The molecule has 2 aromatic heterocycles. The van der Waals surface area contributed by atoms with Gasteiger partial charge in [-0.2, -0.15) is 19.9 Å². The van der Waals surface area contributed by atoms with Crippen molar-refractivity contribution in [3.05, 3.63) is 36.7 Å². The summed E-state index contributed by atoms with van der Waals surface area (Å²) >= 11 is 0. The number of nitrogens with zero attached hydrogens (tertiary/aromatic N) is 6. The molecular formula is C12H14N10. The first-order chi connectivity index (χ1) is 10.5. The van der Waals surface area contributed by atoms with E-state index in [1.54, 1.807) is 0 Å². The Labute approximate surface area is 125 Å². The second-order valence-electron chi connectivity index (χ2n) is 3.94. The lowest BCUT2D eigenvalue weighted by atomic mass is 10.2. The smallest absolute Gasteiger partial charge is 0.225 e. The molecular weight excluding hydrogens is 284 g/mol. The summed E-state index contributed by atoms with van der Waals surface area (Å²) < 4.78 is 0. The summed E-state index contributed by atoms with van der Waals surface area (Å²) in [6.45, 7) is 0. The highest BCUT2D eigenvalue weighted by Gasteiger charge is 2.03. The fourth-order valence-electron chi connectivity index (χ4n) is 1.45. The Balaban J connectivity index is 0.000000188. The summed E-state index contributed by atoms with van der Waals surface area (Å²) in [4.78, 5) is 22.2. The predicted molar refractivity (Wildman–Crippen MR) is 82.7 cm³/mol. The van der Waals surface area contributed by atoms with Gasteiger partial charge in [-0.15, -0.1) is 0 Å². The van der Waals surface area contributed by atoms with Crippen LogP contribution in [0, 0.1) is 0 Å². The van der Waals surface area contributed by atoms with E-state index < -0.39 is 0 Å². The molecule has 22 heavy (non-hydrogen) atoms. The summed E-state index contributed by atoms with van der Waals surface area (Å²) in [6, 6.07) is 9.47. The molecule has 0 spiro atoms. The summed E-state index contributed by atoms with van der Waals surface area (Å²) in [5.74, 6) is 1.07. The monoisotopic (exact) mass is 298 g/mol. The van der Waals surface area contributed by atoms with Gasteiger partial charge in [0.15, 0.2) is 5.82 Å². The van der Waals surface area contributed by atoms with E-state index in [-0.39, 0.29) is 23.8 Å². The quantitative estimate of drug-likeness (QED) is 0.467. The van der Waals surface area contributed by atoms with Crippen molar-refractivity contribution >= 4 is 23.8 Å². The SMILES string of the molecule is Nc1nc(N)nc(-c2ccccc2)n1.Nc1ncnc(N)n1. The number of aromatic nitrogens is 6. The van der Waals surface area contributed by atoms with Crippen LogP contribution < -0.4 is 22.9 Å². The van der Waals surface area contributed by atoms with Gasteiger partial charge in [0.25, 0.3) is 0 Å². The van der Waals surface area contributed by atoms with Crippen LogP contribution in [0.15, 0.2) is 36.7 Å². The van der Waals surface area contributed by atoms with Gasteiger partial charge in [-0.1, -0.05) is 30.3 Å². The fourth-order valence-corrected chi connectivity index (χ4v) is 1.45. The molecule has 10 nitrogen and oxygen atoms in total. The highest BCUT2D eigenvalue weighted by Crippen LogP contribution is 2.14. The van der Waals surface area contributed by atoms with E-state index in [9.17, 15) is 0 Å². The summed E-state index contributed by atoms with van der Waals surface area (Å²) in [7, 11) is 0. The Hall–Kier alpha value is -3.56. The molecule has 3 rings (SSSR count). The summed E-state index contributed by atoms with van der Waals surface area (Å²) in [5, 5.41) is 0. The molecule has 2 heterocycles. The van der Waals surface area contributed by atoms with Crippen LogP contribution >= 0.6 is 0 Å². The van der Waals surface area contributed by atoms with Crippen LogP contribution in [0.25, 0.3) is 11.4 Å². The zero-order chi connectivity index (χ0) is 15.9. The third-order valence-corrected chi connectivity index (χ3v) is 2.31. The Morgan fingerprint density at radius 3 is 1.55 bits per heavy atom. The molecule has 8 N–H and O–H groups in total. The van der Waals surface area contributed by atoms with Crippen molar-refractivity contribution in [3.8, 4) is 11.4 Å². The number of hydrogen-bond donors (Lipinski definition) is 4. The molecule has 0 saturated heterocycles. The van der Waals surface area contributed by atoms with Gasteiger partial charge in [-0.25, -0.2) is 9.97 Å². The average Bonchev–Trinajstić information content (AvgIpc) is 2.47. The van der Waals surface area contributed by atoms with Crippen molar-refractivity contribution < 1.29 is 0 Å². The molecule has 10 heteroatoms. The normalized spacial score (nSPS) is 9.64. The number of benzene rings is 1. The number of nitrogens with two attached hydrogens (primary N) is 4. The van der Waals surface area contributed by atoms with Gasteiger partial charge < -0.3 is 22.9 Å². The van der Waals surface area contributed by atoms with Crippen LogP contribution in [0.5, 0.6) is 0 Å². The summed E-state index contributed by atoms with van der Waals surface area (Å²) in [6.07, 6.45) is 1.26. The number of hydrogen-bond acceptors (Lipinski definition) is 10. The van der Waals surface area contributed by atoms with Gasteiger partial charge in [-0.05, 0) is 0 Å². The van der Waals surface area contributed by atoms with E-state index in [0.717, 1.165) is 5.56 Å². The molecule has 0 amide bonds. The zero-order valence-corrected chi connectivity index (χ0v) is 11.5. The van der Waals surface area contributed by atoms with Gasteiger partial charge in [0.1, 0.15) is 6.33 Å². The predicted octanol–water partition coefficient (Wildman–Crippen LogP) is -0.261. The Morgan fingerprint density at radius 1 is 0.591 bits per heavy atom. The highest BCUT2D eigenvalue weighted by atomic mass is 15.1. The van der Waals surface area contributed by atoms with Crippen molar-refractivity contribution in [2.75, 3.05) is 22.9 Å². The molecule has 0 atom stereocenters. The highest BCUT2D eigenvalue weighted by molar-refractivity contribution is 5.56. The average molecular weight is 298 g/mol. The third kappa shape index (κ3) is 4.23. The van der Waals surface area contributed by atoms with Crippen LogP contribution in [0.4, 0.5) is 23.8 Å². The van der Waals surface area contributed by atoms with Crippen LogP contribution in [0.2, 0.25) is 0 Å². The molecule has 0 unspecified atom stereocenters. The molecule has 1 aromatic carbocycles. The van der Waals surface area contributed by atoms with E-state index in [0.29, 0.717) is 5.82 Å². The van der Waals surface area contributed by atoms with Crippen molar-refractivity contribution in [1.82, 2.24) is 29.9 Å². The molecule has 0 aliphatic rings. The summed E-state index contributed by atoms with van der Waals surface area (Å²) in [5.41, 5.74) is 22.0. The van der Waals surface area contributed by atoms with Crippen LogP contribution in [-0.2, 0) is 0 Å². The van der Waals surface area contributed by atoms with Crippen LogP contribution in [0.1, 0.15) is 0 Å². The Bertz CT molecular complexity index is 708. The zero-order valence-electron chi connectivity index (χ0n) is 11.5. The number of nitrogen functional groups attached to an aromatic ring is 4. The van der Waals surface area contributed by atoms with Crippen molar-refractivity contribution in [3.63, 3.8) is 0 Å². The fraction of sp³-hybridized carbons (Fsp3) is 0. The molecule has 0 saturated carbocycles. The molecule has 3 aromatic rings. The Kier molecular flexibility index (Phi) is 4.55. The van der Waals surface area contributed by atoms with Gasteiger partial charge >= 0.3 is 0 Å². The largest absolute Gasteiger partial charge is 0.368 e. The second kappa shape index (κ2) is 6.74. The second-order valence-corrected chi connectivity index (χ2v) is 3.94. The van der Waals surface area contributed by atoms with E-state index in [2.05, 4.69) is 29.9 Å². The Morgan fingerprint density at radius 2 is 1.09 bits per heavy atom. The van der Waals surface area contributed by atoms with Crippen LogP contribution in [-0.4, -0.2) is 29.9 Å². The van der Waals surface area contributed by atoms with E-state index in [4.69, 9.17) is 22.9 Å². The maximum Gasteiger partial charge on any atom is 0.225 e. The molecule has 112 valence electrons. The lowest BCUT2D eigenvalue weighted by Crippen LogP contribution is -2.04. The van der Waals surface area contributed by atoms with Gasteiger partial charge in [0.05, 0.1) is 0 Å². The third-order valence-electron chi connectivity index (χ3n) is 2.31. The first-order valence-electron chi connectivity index (χ1n) is 6.07. The maximum absolute atomic E-state index is 5.45. The van der Waals surface area contributed by atoms with Crippen molar-refractivity contribution in [1.29, 1.82) is 0 Å². The minimum Gasteiger partial charge on any atom is -0.368 e. The van der Waals surface area contributed by atoms with E-state index in [1.807, 2.05) is 30.3 Å². The van der Waals surface area contributed by atoms with E-state index >= 15 is 0 Å². The first-order valence-corrected chi connectivity index (χ1v) is 6.07. The van der Waals surface area contributed by atoms with Gasteiger partial charge in [0, 0.05) is 5.56 Å². The molecule has 0 aliphatic heterocycles. The van der Waals surface area contributed by atoms with Gasteiger partial charge in [-0.3, -0.25) is 0 Å². The lowest BCUT2D eigenvalue weighted by Gasteiger charge is -2.00. The number of rotatable bonds is 1. The molecule has 0 aliphatic carbocycles.